The molecule has 3 amide bonds. The number of nitrogens with one attached hydrogen (secondary N) is 2. The largest absolute Gasteiger partial charge is 0.508 e. The Morgan fingerprint density at radius 1 is 0.976 bits per heavy atom. The lowest BCUT2D eigenvalue weighted by Gasteiger charge is -2.36. The fraction of sp³-hybridized carbons (Fsp3) is 0.688. The molecule has 42 heavy (non-hydrogen) atoms. The first kappa shape index (κ1) is 36.7. The van der Waals surface area contributed by atoms with Crippen LogP contribution in [-0.4, -0.2) is 65.2 Å². The molecule has 0 aliphatic heterocycles. The van der Waals surface area contributed by atoms with Crippen LogP contribution in [0.15, 0.2) is 24.3 Å². The number of alkyl carbamates (subject to hydrolysis) is 1. The van der Waals surface area contributed by atoms with E-state index in [9.17, 15) is 24.3 Å². The average Bonchev–Trinajstić information content (AvgIpc) is 2.92. The second-order valence-electron chi connectivity index (χ2n) is 11.6. The van der Waals surface area contributed by atoms with Crippen molar-refractivity contribution in [3.8, 4) is 5.75 Å². The molecule has 0 saturated heterocycles. The van der Waals surface area contributed by atoms with E-state index in [0.29, 0.717) is 12.8 Å². The molecule has 0 aliphatic carbocycles. The third kappa shape index (κ3) is 13.1. The zero-order valence-corrected chi connectivity index (χ0v) is 26.7. The number of esters is 1. The number of carbonyl (C=O) groups excluding carboxylic acids is 4. The van der Waals surface area contributed by atoms with E-state index in [1.54, 1.807) is 45.9 Å². The summed E-state index contributed by atoms with van der Waals surface area (Å²) in [6.45, 7) is 13.3. The second-order valence-corrected chi connectivity index (χ2v) is 11.6. The van der Waals surface area contributed by atoms with Crippen LogP contribution >= 0.6 is 0 Å². The van der Waals surface area contributed by atoms with Crippen LogP contribution in [0.3, 0.4) is 0 Å². The molecule has 0 heterocycles. The number of carbonyl (C=O) groups is 4. The summed E-state index contributed by atoms with van der Waals surface area (Å²) in [5, 5.41) is 16.3. The van der Waals surface area contributed by atoms with Crippen molar-refractivity contribution in [2.45, 2.75) is 118 Å². The number of amides is 3. The molecule has 0 fully saturated rings. The van der Waals surface area contributed by atoms with Gasteiger partial charge in [-0.05, 0) is 46.1 Å². The Labute approximate surface area is 251 Å². The molecule has 3 atom stereocenters. The van der Waals surface area contributed by atoms with Crippen molar-refractivity contribution >= 4 is 23.9 Å². The highest BCUT2D eigenvalue weighted by atomic mass is 16.6. The summed E-state index contributed by atoms with van der Waals surface area (Å²) in [4.78, 5) is 54.2. The normalized spacial score (nSPS) is 13.4. The molecule has 10 nitrogen and oxygen atoms in total. The summed E-state index contributed by atoms with van der Waals surface area (Å²) >= 11 is 0. The minimum absolute atomic E-state index is 0.00571. The Kier molecular flexibility index (Phi) is 16.6. The smallest absolute Gasteiger partial charge is 0.408 e. The van der Waals surface area contributed by atoms with Gasteiger partial charge in [0.2, 0.25) is 11.8 Å². The van der Waals surface area contributed by atoms with Crippen molar-refractivity contribution in [3.05, 3.63) is 29.8 Å². The van der Waals surface area contributed by atoms with E-state index in [1.807, 2.05) is 13.8 Å². The Hall–Kier alpha value is -3.30. The Balaban J connectivity index is 3.45. The van der Waals surface area contributed by atoms with Crippen LogP contribution in [0, 0.1) is 5.92 Å². The van der Waals surface area contributed by atoms with Gasteiger partial charge < -0.3 is 30.1 Å². The molecule has 3 unspecified atom stereocenters. The van der Waals surface area contributed by atoms with Gasteiger partial charge in [-0.2, -0.15) is 0 Å². The molecule has 1 aromatic carbocycles. The van der Waals surface area contributed by atoms with Gasteiger partial charge in [0.25, 0.3) is 0 Å². The van der Waals surface area contributed by atoms with Gasteiger partial charge in [0.15, 0.2) is 0 Å². The average molecular weight is 592 g/mol. The number of para-hydroxylation sites is 1. The highest BCUT2D eigenvalue weighted by Gasteiger charge is 2.38. The molecule has 0 spiro atoms. The first-order valence-corrected chi connectivity index (χ1v) is 15.4. The van der Waals surface area contributed by atoms with Crippen LogP contribution in [0.4, 0.5) is 4.79 Å². The number of benzene rings is 1. The van der Waals surface area contributed by atoms with Crippen molar-refractivity contribution in [1.82, 2.24) is 15.5 Å². The van der Waals surface area contributed by atoms with E-state index >= 15 is 0 Å². The van der Waals surface area contributed by atoms with E-state index < -0.39 is 41.6 Å². The van der Waals surface area contributed by atoms with Gasteiger partial charge in [-0.15, -0.1) is 0 Å². The third-order valence-corrected chi connectivity index (χ3v) is 6.91. The lowest BCUT2D eigenvalue weighted by Crippen LogP contribution is -2.55. The molecule has 0 saturated carbocycles. The van der Waals surface area contributed by atoms with Gasteiger partial charge in [0.05, 0.1) is 13.0 Å². The van der Waals surface area contributed by atoms with Crippen LogP contribution in [0.1, 0.15) is 111 Å². The summed E-state index contributed by atoms with van der Waals surface area (Å²) in [6.07, 6.45) is 5.63. The summed E-state index contributed by atoms with van der Waals surface area (Å²) in [6, 6.07) is 4.24. The van der Waals surface area contributed by atoms with Gasteiger partial charge in [-0.1, -0.05) is 77.5 Å². The van der Waals surface area contributed by atoms with Gasteiger partial charge in [-0.3, -0.25) is 14.4 Å². The Morgan fingerprint density at radius 2 is 1.62 bits per heavy atom. The number of nitrogens with zero attached hydrogens (tertiary/aromatic N) is 1. The maximum Gasteiger partial charge on any atom is 0.408 e. The summed E-state index contributed by atoms with van der Waals surface area (Å²) < 4.78 is 10.4. The highest BCUT2D eigenvalue weighted by molar-refractivity contribution is 5.92. The topological polar surface area (TPSA) is 134 Å². The molecular weight excluding hydrogens is 538 g/mol. The van der Waals surface area contributed by atoms with Gasteiger partial charge >= 0.3 is 12.1 Å². The quantitative estimate of drug-likeness (QED) is 0.149. The molecule has 10 heteroatoms. The number of rotatable bonds is 18. The number of unbranched alkanes of at least 4 members (excludes halogenated alkanes) is 5. The molecule has 3 N–H and O–H groups in total. The molecule has 238 valence electrons. The Morgan fingerprint density at radius 3 is 2.21 bits per heavy atom. The molecular formula is C32H53N3O7. The van der Waals surface area contributed by atoms with Crippen LogP contribution in [0.25, 0.3) is 0 Å². The van der Waals surface area contributed by atoms with Crippen molar-refractivity contribution in [2.75, 3.05) is 19.7 Å². The van der Waals surface area contributed by atoms with E-state index in [1.165, 1.54) is 11.0 Å². The van der Waals surface area contributed by atoms with Crippen LogP contribution in [0.2, 0.25) is 0 Å². The number of ether oxygens (including phenoxy) is 2. The summed E-state index contributed by atoms with van der Waals surface area (Å²) in [5.74, 6) is -1.84. The lowest BCUT2D eigenvalue weighted by molar-refractivity contribution is -0.145. The highest BCUT2D eigenvalue weighted by Crippen LogP contribution is 2.31. The van der Waals surface area contributed by atoms with Crippen molar-refractivity contribution in [3.63, 3.8) is 0 Å². The predicted octanol–water partition coefficient (Wildman–Crippen LogP) is 5.63. The summed E-state index contributed by atoms with van der Waals surface area (Å²) in [5.41, 5.74) is -0.506. The Bertz CT molecular complexity index is 993. The molecule has 0 radical (unpaired) electrons. The standard InChI is InChI=1S/C32H53N3O7/c1-8-11-12-13-14-17-22-35(30(39)27(23(4)9-2)34-31(40)42-32(5,6)7)28(24-18-15-16-19-25(24)36)29(38)33-21-20-26(37)41-10-3/h15-16,18-19,23,27-28,36H,8-14,17,20-22H2,1-7H3,(H,33,38)(H,34,40). The van der Waals surface area contributed by atoms with E-state index in [2.05, 4.69) is 17.6 Å². The second kappa shape index (κ2) is 19.0. The molecule has 0 bridgehead atoms. The number of aromatic hydroxyl groups is 1. The number of hydrogen-bond donors (Lipinski definition) is 3. The number of hydrogen-bond acceptors (Lipinski definition) is 7. The minimum Gasteiger partial charge on any atom is -0.508 e. The molecule has 1 rings (SSSR count). The van der Waals surface area contributed by atoms with Crippen LogP contribution < -0.4 is 10.6 Å². The van der Waals surface area contributed by atoms with Crippen molar-refractivity contribution in [2.24, 2.45) is 5.92 Å². The van der Waals surface area contributed by atoms with E-state index in [-0.39, 0.29) is 43.3 Å². The fourth-order valence-electron chi connectivity index (χ4n) is 4.51. The molecule has 0 aliphatic rings. The SMILES string of the molecule is CCCCCCCCN(C(=O)C(NC(=O)OC(C)(C)C)C(C)CC)C(C(=O)NCCC(=O)OCC)c1ccccc1O. The maximum absolute atomic E-state index is 14.3. The molecule has 1 aromatic rings. The number of phenols is 1. The fourth-order valence-corrected chi connectivity index (χ4v) is 4.51. The van der Waals surface area contributed by atoms with Crippen LogP contribution in [-0.2, 0) is 23.9 Å². The lowest BCUT2D eigenvalue weighted by atomic mass is 9.95. The summed E-state index contributed by atoms with van der Waals surface area (Å²) in [7, 11) is 0. The maximum atomic E-state index is 14.3. The van der Waals surface area contributed by atoms with Gasteiger partial charge in [0, 0.05) is 18.7 Å². The first-order valence-electron chi connectivity index (χ1n) is 15.4. The van der Waals surface area contributed by atoms with Crippen LogP contribution in [0.5, 0.6) is 5.75 Å². The monoisotopic (exact) mass is 591 g/mol. The van der Waals surface area contributed by atoms with Crippen molar-refractivity contribution in [1.29, 1.82) is 0 Å². The van der Waals surface area contributed by atoms with Gasteiger partial charge in [-0.25, -0.2) is 4.79 Å². The number of phenolic OH excluding ortho intramolecular Hbond substituents is 1. The van der Waals surface area contributed by atoms with Gasteiger partial charge in [0.1, 0.15) is 23.4 Å². The third-order valence-electron chi connectivity index (χ3n) is 6.91. The predicted molar refractivity (Wildman–Crippen MR) is 163 cm³/mol. The zero-order valence-electron chi connectivity index (χ0n) is 26.7. The van der Waals surface area contributed by atoms with E-state index in [4.69, 9.17) is 9.47 Å². The molecule has 0 aromatic heterocycles. The minimum atomic E-state index is -1.19. The van der Waals surface area contributed by atoms with Crippen molar-refractivity contribution < 1.29 is 33.8 Å². The first-order chi connectivity index (χ1) is 19.9. The van der Waals surface area contributed by atoms with E-state index in [0.717, 1.165) is 32.1 Å². The zero-order chi connectivity index (χ0) is 31.7.